The number of halogens is 3. The number of aromatic nitrogens is 2. The average Bonchev–Trinajstić information content (AvgIpc) is 2.84. The number of nitrogens with two attached hydrogens (primary N) is 1. The Morgan fingerprint density at radius 3 is 2.46 bits per heavy atom. The number of carbonyl (C=O) groups is 1. The number of nitrogens with zero attached hydrogens (tertiary/aromatic N) is 4. The summed E-state index contributed by atoms with van der Waals surface area (Å²) in [5, 5.41) is 2.53. The minimum Gasteiger partial charge on any atom is -0.467 e. The molecule has 1 atom stereocenters. The molecule has 1 aliphatic rings. The molecule has 1 aliphatic heterocycles. The molecular formula is C24H25ClF2N6O2. The Bertz CT molecular complexity index is 1220. The number of hydrogen-bond acceptors (Lipinski definition) is 6. The van der Waals surface area contributed by atoms with Gasteiger partial charge in [0.15, 0.2) is 5.82 Å². The summed E-state index contributed by atoms with van der Waals surface area (Å²) in [6, 6.07) is 8.84. The molecule has 1 saturated heterocycles. The topological polar surface area (TPSA) is 96.6 Å². The highest BCUT2D eigenvalue weighted by Gasteiger charge is 2.22. The number of nitrogens with one attached hydrogen (secondary N) is 1. The smallest absolute Gasteiger partial charge is 0.321 e. The minimum absolute atomic E-state index is 0.00964. The van der Waals surface area contributed by atoms with Crippen LogP contribution in [0.1, 0.15) is 18.6 Å². The Labute approximate surface area is 206 Å². The van der Waals surface area contributed by atoms with E-state index in [4.69, 9.17) is 22.1 Å². The van der Waals surface area contributed by atoms with Gasteiger partial charge in [0.05, 0.1) is 16.9 Å². The lowest BCUT2D eigenvalue weighted by Crippen LogP contribution is -2.48. The van der Waals surface area contributed by atoms with Crippen molar-refractivity contribution in [3.8, 4) is 17.1 Å². The van der Waals surface area contributed by atoms with Gasteiger partial charge in [-0.05, 0) is 38.2 Å². The lowest BCUT2D eigenvalue weighted by atomic mass is 10.1. The number of likely N-dealkylation sites (N-methyl/N-ethyl adjacent to an activating group) is 1. The van der Waals surface area contributed by atoms with Crippen molar-refractivity contribution in [1.29, 1.82) is 0 Å². The number of ether oxygens (including phenoxy) is 1. The van der Waals surface area contributed by atoms with Crippen molar-refractivity contribution in [3.63, 3.8) is 0 Å². The fourth-order valence-electron chi connectivity index (χ4n) is 3.69. The van der Waals surface area contributed by atoms with E-state index in [2.05, 4.69) is 20.2 Å². The van der Waals surface area contributed by atoms with Crippen LogP contribution in [0.4, 0.5) is 25.1 Å². The zero-order valence-corrected chi connectivity index (χ0v) is 20.0. The third-order valence-electron chi connectivity index (χ3n) is 5.76. The van der Waals surface area contributed by atoms with Gasteiger partial charge < -0.3 is 25.6 Å². The molecule has 35 heavy (non-hydrogen) atoms. The second-order valence-electron chi connectivity index (χ2n) is 8.26. The maximum Gasteiger partial charge on any atom is 0.321 e. The first-order valence-corrected chi connectivity index (χ1v) is 11.4. The molecule has 2 amide bonds. The predicted octanol–water partition coefficient (Wildman–Crippen LogP) is 4.58. The highest BCUT2D eigenvalue weighted by Crippen LogP contribution is 2.33. The second-order valence-corrected chi connectivity index (χ2v) is 8.64. The molecule has 184 valence electrons. The molecule has 3 aromatic rings. The Morgan fingerprint density at radius 1 is 1.11 bits per heavy atom. The maximum atomic E-state index is 14.3. The molecular weight excluding hydrogens is 478 g/mol. The van der Waals surface area contributed by atoms with E-state index in [1.165, 1.54) is 13.1 Å². The van der Waals surface area contributed by atoms with E-state index in [9.17, 15) is 13.6 Å². The van der Waals surface area contributed by atoms with Crippen LogP contribution in [0.3, 0.4) is 0 Å². The Kier molecular flexibility index (Phi) is 7.32. The van der Waals surface area contributed by atoms with Crippen molar-refractivity contribution in [1.82, 2.24) is 19.8 Å². The first-order valence-electron chi connectivity index (χ1n) is 11.0. The first-order chi connectivity index (χ1) is 16.7. The highest BCUT2D eigenvalue weighted by molar-refractivity contribution is 6.31. The molecule has 0 bridgehead atoms. The van der Waals surface area contributed by atoms with E-state index in [-0.39, 0.29) is 28.3 Å². The van der Waals surface area contributed by atoms with E-state index in [0.717, 1.165) is 25.2 Å². The summed E-state index contributed by atoms with van der Waals surface area (Å²) in [4.78, 5) is 24.9. The van der Waals surface area contributed by atoms with Gasteiger partial charge in [-0.25, -0.2) is 23.5 Å². The van der Waals surface area contributed by atoms with Crippen LogP contribution in [-0.4, -0.2) is 59.0 Å². The van der Waals surface area contributed by atoms with Crippen LogP contribution in [-0.2, 0) is 0 Å². The summed E-state index contributed by atoms with van der Waals surface area (Å²) in [5.74, 6) is -1.52. The number of amides is 2. The SMILES string of the molecule is CC(Oc1nc(-c2ccc(NC(=O)N3CCN(C)CC3)cc2)cnc1N)c1c(F)ccc(F)c1Cl. The molecule has 1 unspecified atom stereocenters. The van der Waals surface area contributed by atoms with Crippen LogP contribution in [0.25, 0.3) is 11.3 Å². The number of anilines is 2. The molecule has 8 nitrogen and oxygen atoms in total. The van der Waals surface area contributed by atoms with E-state index in [1.54, 1.807) is 29.2 Å². The summed E-state index contributed by atoms with van der Waals surface area (Å²) in [6.07, 6.45) is 0.498. The molecule has 1 aromatic heterocycles. The number of nitrogen functional groups attached to an aromatic ring is 1. The molecule has 4 rings (SSSR count). The van der Waals surface area contributed by atoms with Crippen LogP contribution in [0, 0.1) is 11.6 Å². The van der Waals surface area contributed by atoms with Crippen molar-refractivity contribution < 1.29 is 18.3 Å². The van der Waals surface area contributed by atoms with Gasteiger partial charge in [0.2, 0.25) is 0 Å². The van der Waals surface area contributed by atoms with Gasteiger partial charge in [-0.15, -0.1) is 0 Å². The van der Waals surface area contributed by atoms with Crippen molar-refractivity contribution in [2.45, 2.75) is 13.0 Å². The van der Waals surface area contributed by atoms with Gasteiger partial charge in [-0.3, -0.25) is 0 Å². The number of hydrogen-bond donors (Lipinski definition) is 2. The molecule has 0 aliphatic carbocycles. The van der Waals surface area contributed by atoms with Crippen LogP contribution < -0.4 is 15.8 Å². The lowest BCUT2D eigenvalue weighted by Gasteiger charge is -2.32. The monoisotopic (exact) mass is 502 g/mol. The zero-order valence-electron chi connectivity index (χ0n) is 19.3. The largest absolute Gasteiger partial charge is 0.467 e. The minimum atomic E-state index is -0.975. The Hall–Kier alpha value is -3.50. The number of benzene rings is 2. The molecule has 0 saturated carbocycles. The average molecular weight is 503 g/mol. The predicted molar refractivity (Wildman–Crippen MR) is 130 cm³/mol. The number of carbonyl (C=O) groups excluding carboxylic acids is 1. The van der Waals surface area contributed by atoms with E-state index >= 15 is 0 Å². The van der Waals surface area contributed by atoms with E-state index in [0.29, 0.717) is 30.0 Å². The van der Waals surface area contributed by atoms with Gasteiger partial charge >= 0.3 is 6.03 Å². The maximum absolute atomic E-state index is 14.3. The zero-order chi connectivity index (χ0) is 25.1. The highest BCUT2D eigenvalue weighted by atomic mass is 35.5. The summed E-state index contributed by atoms with van der Waals surface area (Å²) >= 11 is 5.94. The van der Waals surface area contributed by atoms with Crippen LogP contribution in [0.15, 0.2) is 42.6 Å². The quantitative estimate of drug-likeness (QED) is 0.496. The van der Waals surface area contributed by atoms with E-state index in [1.807, 2.05) is 7.05 Å². The van der Waals surface area contributed by atoms with Gasteiger partial charge in [0.1, 0.15) is 17.7 Å². The Morgan fingerprint density at radius 2 is 1.77 bits per heavy atom. The standard InChI is InChI=1S/C24H25ClF2N6O2/c1-14(20-17(26)7-8-18(27)21(20)25)35-23-22(28)29-13-19(31-23)15-3-5-16(6-4-15)30-24(34)33-11-9-32(2)10-12-33/h3-8,13-14H,9-12H2,1-2H3,(H2,28,29)(H,30,34). The van der Waals surface area contributed by atoms with Gasteiger partial charge in [-0.2, -0.15) is 0 Å². The van der Waals surface area contributed by atoms with Gasteiger partial charge in [0, 0.05) is 43.0 Å². The van der Waals surface area contributed by atoms with Gasteiger partial charge in [-0.1, -0.05) is 23.7 Å². The van der Waals surface area contributed by atoms with Gasteiger partial charge in [0.25, 0.3) is 5.88 Å². The number of piperazine rings is 1. The molecule has 3 N–H and O–H groups in total. The van der Waals surface area contributed by atoms with Crippen LogP contribution in [0.5, 0.6) is 5.88 Å². The van der Waals surface area contributed by atoms with E-state index < -0.39 is 17.7 Å². The fraction of sp³-hybridized carbons (Fsp3) is 0.292. The molecule has 2 heterocycles. The molecule has 0 radical (unpaired) electrons. The normalized spacial score (nSPS) is 15.1. The second kappa shape index (κ2) is 10.4. The van der Waals surface area contributed by atoms with Crippen molar-refractivity contribution in [2.75, 3.05) is 44.3 Å². The molecule has 2 aromatic carbocycles. The summed E-state index contributed by atoms with van der Waals surface area (Å²) < 4.78 is 33.8. The van der Waals surface area contributed by atoms with Crippen molar-refractivity contribution in [3.05, 3.63) is 64.8 Å². The third kappa shape index (κ3) is 5.60. The summed E-state index contributed by atoms with van der Waals surface area (Å²) in [6.45, 7) is 4.53. The summed E-state index contributed by atoms with van der Waals surface area (Å²) in [5.41, 5.74) is 7.55. The summed E-state index contributed by atoms with van der Waals surface area (Å²) in [7, 11) is 2.03. The fourth-order valence-corrected chi connectivity index (χ4v) is 3.99. The molecule has 0 spiro atoms. The lowest BCUT2D eigenvalue weighted by molar-refractivity contribution is 0.164. The molecule has 11 heteroatoms. The first kappa shape index (κ1) is 24.6. The third-order valence-corrected chi connectivity index (χ3v) is 6.15. The van der Waals surface area contributed by atoms with Crippen LogP contribution in [0.2, 0.25) is 5.02 Å². The Balaban J connectivity index is 1.47. The molecule has 1 fully saturated rings. The van der Waals surface area contributed by atoms with Crippen molar-refractivity contribution in [2.24, 2.45) is 0 Å². The number of urea groups is 1. The van der Waals surface area contributed by atoms with Crippen LogP contribution >= 0.6 is 11.6 Å². The number of rotatable bonds is 5. The van der Waals surface area contributed by atoms with Crippen molar-refractivity contribution >= 4 is 29.1 Å².